The van der Waals surface area contributed by atoms with Crippen molar-refractivity contribution >= 4 is 44.0 Å². The van der Waals surface area contributed by atoms with Crippen LogP contribution in [0.15, 0.2) is 36.4 Å². The maximum absolute atomic E-state index is 13.9. The molecule has 0 spiro atoms. The van der Waals surface area contributed by atoms with Gasteiger partial charge in [0.15, 0.2) is 5.13 Å². The van der Waals surface area contributed by atoms with E-state index in [0.717, 1.165) is 29.1 Å². The van der Waals surface area contributed by atoms with E-state index in [-0.39, 0.29) is 17.2 Å². The van der Waals surface area contributed by atoms with Crippen molar-refractivity contribution in [3.63, 3.8) is 0 Å². The van der Waals surface area contributed by atoms with Crippen molar-refractivity contribution < 1.29 is 23.9 Å². The van der Waals surface area contributed by atoms with E-state index < -0.39 is 4.92 Å². The van der Waals surface area contributed by atoms with Gasteiger partial charge in [0, 0.05) is 50.9 Å². The first-order valence-corrected chi connectivity index (χ1v) is 13.6. The number of nitrogens with zero attached hydrogens (tertiary/aromatic N) is 5. The third kappa shape index (κ3) is 5.88. The molecule has 1 aromatic heterocycles. The summed E-state index contributed by atoms with van der Waals surface area (Å²) in [5.74, 6) is 0.426. The van der Waals surface area contributed by atoms with Crippen LogP contribution in [0.3, 0.4) is 0 Å². The second-order valence-corrected chi connectivity index (χ2v) is 10.0. The predicted molar refractivity (Wildman–Crippen MR) is 146 cm³/mol. The van der Waals surface area contributed by atoms with Gasteiger partial charge in [-0.2, -0.15) is 0 Å². The van der Waals surface area contributed by atoms with Crippen molar-refractivity contribution in [2.45, 2.75) is 6.92 Å². The number of thiazole rings is 1. The summed E-state index contributed by atoms with van der Waals surface area (Å²) in [6, 6.07) is 10.4. The normalized spacial score (nSPS) is 16.5. The number of hydrogen-bond donors (Lipinski definition) is 0. The van der Waals surface area contributed by atoms with Crippen molar-refractivity contribution in [3.05, 3.63) is 52.1 Å². The second-order valence-electron chi connectivity index (χ2n) is 9.03. The van der Waals surface area contributed by atoms with Gasteiger partial charge in [-0.1, -0.05) is 11.3 Å². The van der Waals surface area contributed by atoms with E-state index >= 15 is 0 Å². The molecule has 202 valence electrons. The quantitative estimate of drug-likeness (QED) is 0.297. The maximum Gasteiger partial charge on any atom is 0.293 e. The van der Waals surface area contributed by atoms with Crippen molar-refractivity contribution in [2.24, 2.45) is 0 Å². The van der Waals surface area contributed by atoms with Crippen LogP contribution in [0, 0.1) is 10.1 Å². The minimum atomic E-state index is -0.424. The SMILES string of the molecule is CCOc1ccc2nc(N(CCN3CCOCC3)C(=O)c3ccc(N4CCOCC4)c([N+](=O)[O-])c3)sc2c1. The topological polar surface area (TPSA) is 111 Å². The van der Waals surface area contributed by atoms with Crippen molar-refractivity contribution in [3.8, 4) is 5.75 Å². The van der Waals surface area contributed by atoms with Gasteiger partial charge in [0.05, 0.1) is 48.2 Å². The van der Waals surface area contributed by atoms with E-state index in [1.165, 1.54) is 17.4 Å². The Bertz CT molecular complexity index is 1290. The molecule has 0 unspecified atom stereocenters. The lowest BCUT2D eigenvalue weighted by Crippen LogP contribution is -2.43. The Hall–Kier alpha value is -3.32. The minimum absolute atomic E-state index is 0.0865. The Morgan fingerprint density at radius 1 is 1.11 bits per heavy atom. The number of benzene rings is 2. The van der Waals surface area contributed by atoms with Crippen molar-refractivity contribution in [1.82, 2.24) is 9.88 Å². The molecule has 2 aliphatic heterocycles. The summed E-state index contributed by atoms with van der Waals surface area (Å²) < 4.78 is 17.4. The molecule has 12 heteroatoms. The number of amides is 1. The van der Waals surface area contributed by atoms with Crippen LogP contribution < -0.4 is 14.5 Å². The van der Waals surface area contributed by atoms with Gasteiger partial charge in [-0.3, -0.25) is 24.7 Å². The summed E-state index contributed by atoms with van der Waals surface area (Å²) in [6.07, 6.45) is 0. The fourth-order valence-corrected chi connectivity index (χ4v) is 5.66. The molecule has 5 rings (SSSR count). The molecule has 38 heavy (non-hydrogen) atoms. The molecule has 11 nitrogen and oxygen atoms in total. The van der Waals surface area contributed by atoms with E-state index in [2.05, 4.69) is 4.90 Å². The largest absolute Gasteiger partial charge is 0.494 e. The highest BCUT2D eigenvalue weighted by Gasteiger charge is 2.27. The molecule has 2 aliphatic rings. The first kappa shape index (κ1) is 26.3. The number of hydrogen-bond acceptors (Lipinski definition) is 10. The molecule has 2 aromatic carbocycles. The molecule has 1 amide bonds. The number of aromatic nitrogens is 1. The molecule has 0 N–H and O–H groups in total. The summed E-state index contributed by atoms with van der Waals surface area (Å²) in [4.78, 5) is 36.0. The van der Waals surface area contributed by atoms with Crippen molar-refractivity contribution in [2.75, 3.05) is 82.1 Å². The van der Waals surface area contributed by atoms with Crippen molar-refractivity contribution in [1.29, 1.82) is 0 Å². The number of carbonyl (C=O) groups is 1. The molecule has 0 aliphatic carbocycles. The van der Waals surface area contributed by atoms with Crippen LogP contribution in [-0.4, -0.2) is 93.0 Å². The Morgan fingerprint density at radius 3 is 2.55 bits per heavy atom. The summed E-state index contributed by atoms with van der Waals surface area (Å²) in [6.45, 7) is 8.57. The zero-order valence-corrected chi connectivity index (χ0v) is 22.2. The Labute approximate surface area is 224 Å². The molecule has 0 radical (unpaired) electrons. The number of nitro benzene ring substituents is 1. The standard InChI is InChI=1S/C26H31N5O6S/c1-2-37-20-4-5-21-24(18-20)38-26(27-21)30(8-7-28-9-13-35-14-10-28)25(32)19-3-6-22(23(17-19)31(33)34)29-11-15-36-16-12-29/h3-6,17-18H,2,7-16H2,1H3. The molecule has 0 atom stereocenters. The third-order valence-electron chi connectivity index (χ3n) is 6.65. The van der Waals surface area contributed by atoms with Gasteiger partial charge >= 0.3 is 0 Å². The van der Waals surface area contributed by atoms with E-state index in [0.29, 0.717) is 70.0 Å². The number of morpholine rings is 2. The van der Waals surface area contributed by atoms with Crippen LogP contribution in [0.4, 0.5) is 16.5 Å². The third-order valence-corrected chi connectivity index (χ3v) is 7.69. The average molecular weight is 542 g/mol. The molecular formula is C26H31N5O6S. The lowest BCUT2D eigenvalue weighted by Gasteiger charge is -2.30. The van der Waals surface area contributed by atoms with Crippen LogP contribution in [0.1, 0.15) is 17.3 Å². The van der Waals surface area contributed by atoms with E-state index in [1.807, 2.05) is 30.0 Å². The van der Waals surface area contributed by atoms with Gasteiger partial charge < -0.3 is 19.1 Å². The molecule has 2 saturated heterocycles. The van der Waals surface area contributed by atoms with E-state index in [9.17, 15) is 14.9 Å². The predicted octanol–water partition coefficient (Wildman–Crippen LogP) is 3.42. The molecule has 0 saturated carbocycles. The first-order chi connectivity index (χ1) is 18.5. The molecular weight excluding hydrogens is 510 g/mol. The molecule has 0 bridgehead atoms. The van der Waals surface area contributed by atoms with Crippen LogP contribution in [0.5, 0.6) is 5.75 Å². The summed E-state index contributed by atoms with van der Waals surface area (Å²) in [7, 11) is 0. The van der Waals surface area contributed by atoms with Crippen LogP contribution in [0.25, 0.3) is 10.2 Å². The van der Waals surface area contributed by atoms with Crippen LogP contribution in [-0.2, 0) is 9.47 Å². The highest BCUT2D eigenvalue weighted by Crippen LogP contribution is 2.34. The zero-order valence-electron chi connectivity index (χ0n) is 21.3. The summed E-state index contributed by atoms with van der Waals surface area (Å²) >= 11 is 1.41. The summed E-state index contributed by atoms with van der Waals surface area (Å²) in [5, 5.41) is 12.5. The van der Waals surface area contributed by atoms with E-state index in [4.69, 9.17) is 19.2 Å². The van der Waals surface area contributed by atoms with Crippen LogP contribution in [0.2, 0.25) is 0 Å². The number of nitro groups is 1. The van der Waals surface area contributed by atoms with Gasteiger partial charge in [0.1, 0.15) is 11.4 Å². The number of ether oxygens (including phenoxy) is 3. The number of rotatable bonds is 9. The monoisotopic (exact) mass is 541 g/mol. The number of anilines is 2. The highest BCUT2D eigenvalue weighted by molar-refractivity contribution is 7.22. The Morgan fingerprint density at radius 2 is 1.84 bits per heavy atom. The van der Waals surface area contributed by atoms with Gasteiger partial charge in [-0.25, -0.2) is 4.98 Å². The number of fused-ring (bicyclic) bond motifs is 1. The lowest BCUT2D eigenvalue weighted by molar-refractivity contribution is -0.384. The summed E-state index contributed by atoms with van der Waals surface area (Å²) in [5.41, 5.74) is 1.44. The average Bonchev–Trinajstić information content (AvgIpc) is 3.37. The Balaban J connectivity index is 1.46. The fraction of sp³-hybridized carbons (Fsp3) is 0.462. The highest BCUT2D eigenvalue weighted by atomic mass is 32.1. The second kappa shape index (κ2) is 12.0. The minimum Gasteiger partial charge on any atom is -0.494 e. The molecule has 2 fully saturated rings. The van der Waals surface area contributed by atoms with Crippen LogP contribution >= 0.6 is 11.3 Å². The Kier molecular flexibility index (Phi) is 8.32. The smallest absolute Gasteiger partial charge is 0.293 e. The maximum atomic E-state index is 13.9. The molecule has 3 heterocycles. The van der Waals surface area contributed by atoms with Gasteiger partial charge in [0.25, 0.3) is 11.6 Å². The number of carbonyl (C=O) groups excluding carboxylic acids is 1. The van der Waals surface area contributed by atoms with Gasteiger partial charge in [-0.15, -0.1) is 0 Å². The zero-order chi connectivity index (χ0) is 26.5. The fourth-order valence-electron chi connectivity index (χ4n) is 4.65. The van der Waals surface area contributed by atoms with Gasteiger partial charge in [-0.05, 0) is 37.3 Å². The molecule has 3 aromatic rings. The van der Waals surface area contributed by atoms with E-state index in [1.54, 1.807) is 17.0 Å². The lowest BCUT2D eigenvalue weighted by atomic mass is 10.1. The first-order valence-electron chi connectivity index (χ1n) is 12.8. The van der Waals surface area contributed by atoms with Gasteiger partial charge in [0.2, 0.25) is 0 Å².